The fraction of sp³-hybridized carbons (Fsp3) is 0.0526. The average Bonchev–Trinajstić information content (AvgIpc) is 2.99. The van der Waals surface area contributed by atoms with Crippen LogP contribution in [0.1, 0.15) is 5.56 Å². The van der Waals surface area contributed by atoms with Gasteiger partial charge in [-0.2, -0.15) is 4.58 Å². The zero-order valence-electron chi connectivity index (χ0n) is 12.0. The second kappa shape index (κ2) is 4.28. The van der Waals surface area contributed by atoms with Crippen LogP contribution in [0.4, 0.5) is 5.69 Å². The standard InChI is InChI=1S/C19H14N3/c1-5-15-9-11-21-13-22(12-16(6-1)19(15)21)17-8-2-4-14-7-3-10-20-18(14)17/h1-12H,13H2/q+1. The van der Waals surface area contributed by atoms with Gasteiger partial charge in [-0.15, -0.1) is 0 Å². The summed E-state index contributed by atoms with van der Waals surface area (Å²) in [4.78, 5) is 4.58. The molecular formula is C19H14N3+. The van der Waals surface area contributed by atoms with Gasteiger partial charge in [0.15, 0.2) is 6.21 Å². The van der Waals surface area contributed by atoms with Crippen molar-refractivity contribution >= 4 is 33.7 Å². The van der Waals surface area contributed by atoms with Gasteiger partial charge in [0.2, 0.25) is 12.4 Å². The van der Waals surface area contributed by atoms with Gasteiger partial charge < -0.3 is 0 Å². The summed E-state index contributed by atoms with van der Waals surface area (Å²) in [6.07, 6.45) is 6.25. The number of hydrogen-bond acceptors (Lipinski definition) is 1. The Kier molecular flexibility index (Phi) is 2.27. The first-order valence-electron chi connectivity index (χ1n) is 7.43. The van der Waals surface area contributed by atoms with Crippen molar-refractivity contribution in [2.45, 2.75) is 6.67 Å². The van der Waals surface area contributed by atoms with Crippen LogP contribution in [-0.4, -0.2) is 20.3 Å². The first-order valence-corrected chi connectivity index (χ1v) is 7.43. The summed E-state index contributed by atoms with van der Waals surface area (Å²) in [6.45, 7) is 0.816. The van der Waals surface area contributed by atoms with Crippen molar-refractivity contribution in [2.24, 2.45) is 0 Å². The molecule has 2 aromatic carbocycles. The van der Waals surface area contributed by atoms with Crippen molar-refractivity contribution in [3.8, 4) is 0 Å². The number of benzene rings is 2. The third-order valence-corrected chi connectivity index (χ3v) is 4.34. The molecule has 0 radical (unpaired) electrons. The number of rotatable bonds is 1. The molecule has 2 aromatic heterocycles. The molecule has 22 heavy (non-hydrogen) atoms. The van der Waals surface area contributed by atoms with Gasteiger partial charge in [-0.3, -0.25) is 4.57 Å². The van der Waals surface area contributed by atoms with Crippen LogP contribution in [0.25, 0.3) is 21.8 Å². The van der Waals surface area contributed by atoms with Gasteiger partial charge in [0.25, 0.3) is 0 Å². The van der Waals surface area contributed by atoms with Crippen LogP contribution in [0.5, 0.6) is 0 Å². The molecular weight excluding hydrogens is 270 g/mol. The van der Waals surface area contributed by atoms with Gasteiger partial charge in [-0.25, -0.2) is 4.98 Å². The average molecular weight is 284 g/mol. The van der Waals surface area contributed by atoms with Crippen LogP contribution in [0.3, 0.4) is 0 Å². The third kappa shape index (κ3) is 1.56. The summed E-state index contributed by atoms with van der Waals surface area (Å²) < 4.78 is 4.57. The molecule has 104 valence electrons. The Morgan fingerprint density at radius 1 is 0.909 bits per heavy atom. The van der Waals surface area contributed by atoms with Gasteiger partial charge in [0.1, 0.15) is 5.52 Å². The maximum atomic E-state index is 4.58. The van der Waals surface area contributed by atoms with E-state index >= 15 is 0 Å². The van der Waals surface area contributed by atoms with Crippen LogP contribution in [-0.2, 0) is 6.67 Å². The largest absolute Gasteiger partial charge is 0.291 e. The molecule has 3 heterocycles. The SMILES string of the molecule is C1=[N+](c2cccc3cccnc23)Cn2ccc3cccc1c32. The van der Waals surface area contributed by atoms with Crippen molar-refractivity contribution in [2.75, 3.05) is 0 Å². The summed E-state index contributed by atoms with van der Waals surface area (Å²) in [5.41, 5.74) is 4.76. The Labute approximate surface area is 127 Å². The summed E-state index contributed by atoms with van der Waals surface area (Å²) in [5, 5.41) is 2.47. The topological polar surface area (TPSA) is 20.8 Å². The third-order valence-electron chi connectivity index (χ3n) is 4.34. The monoisotopic (exact) mass is 284 g/mol. The van der Waals surface area contributed by atoms with E-state index in [0.717, 1.165) is 17.9 Å². The molecule has 5 rings (SSSR count). The maximum Gasteiger partial charge on any atom is 0.233 e. The summed E-state index contributed by atoms with van der Waals surface area (Å²) in [6, 6.07) is 19.1. The molecule has 0 aliphatic carbocycles. The number of para-hydroxylation sites is 2. The highest BCUT2D eigenvalue weighted by atomic mass is 15.2. The van der Waals surface area contributed by atoms with E-state index in [4.69, 9.17) is 0 Å². The molecule has 0 atom stereocenters. The van der Waals surface area contributed by atoms with E-state index in [1.54, 1.807) is 0 Å². The molecule has 1 aliphatic heterocycles. The van der Waals surface area contributed by atoms with Gasteiger partial charge in [0.05, 0.1) is 11.1 Å². The zero-order chi connectivity index (χ0) is 14.5. The highest BCUT2D eigenvalue weighted by Gasteiger charge is 2.21. The number of hydrogen-bond donors (Lipinski definition) is 0. The van der Waals surface area contributed by atoms with Gasteiger partial charge in [-0.1, -0.05) is 30.3 Å². The second-order valence-electron chi connectivity index (χ2n) is 5.66. The van der Waals surface area contributed by atoms with Gasteiger partial charge in [0, 0.05) is 29.2 Å². The molecule has 3 nitrogen and oxygen atoms in total. The van der Waals surface area contributed by atoms with Crippen molar-refractivity contribution in [1.29, 1.82) is 0 Å². The molecule has 0 fully saturated rings. The molecule has 0 saturated carbocycles. The summed E-state index contributed by atoms with van der Waals surface area (Å²) >= 11 is 0. The lowest BCUT2D eigenvalue weighted by Crippen LogP contribution is -2.18. The van der Waals surface area contributed by atoms with E-state index in [-0.39, 0.29) is 0 Å². The molecule has 0 spiro atoms. The Hall–Kier alpha value is -2.94. The van der Waals surface area contributed by atoms with E-state index in [1.807, 2.05) is 12.3 Å². The predicted molar refractivity (Wildman–Crippen MR) is 88.8 cm³/mol. The molecule has 0 N–H and O–H groups in total. The number of fused-ring (bicyclic) bond motifs is 1. The number of aromatic nitrogens is 2. The fourth-order valence-corrected chi connectivity index (χ4v) is 3.35. The predicted octanol–water partition coefficient (Wildman–Crippen LogP) is 3.92. The van der Waals surface area contributed by atoms with Crippen LogP contribution >= 0.6 is 0 Å². The molecule has 4 aromatic rings. The minimum atomic E-state index is 0.816. The molecule has 0 amide bonds. The van der Waals surface area contributed by atoms with Crippen LogP contribution < -0.4 is 0 Å². The molecule has 1 aliphatic rings. The van der Waals surface area contributed by atoms with Crippen LogP contribution in [0.15, 0.2) is 67.0 Å². The first-order chi connectivity index (χ1) is 10.9. The van der Waals surface area contributed by atoms with Crippen LogP contribution in [0, 0.1) is 0 Å². The number of pyridine rings is 1. The van der Waals surface area contributed by atoms with Gasteiger partial charge >= 0.3 is 0 Å². The van der Waals surface area contributed by atoms with Crippen molar-refractivity contribution in [3.05, 3.63) is 72.6 Å². The van der Waals surface area contributed by atoms with E-state index in [1.165, 1.54) is 21.9 Å². The normalized spacial score (nSPS) is 13.5. The quantitative estimate of drug-likeness (QED) is 0.485. The lowest BCUT2D eigenvalue weighted by molar-refractivity contribution is -0.470. The first kappa shape index (κ1) is 11.7. The summed E-state index contributed by atoms with van der Waals surface area (Å²) in [7, 11) is 0. The molecule has 0 unspecified atom stereocenters. The van der Waals surface area contributed by atoms with Crippen molar-refractivity contribution < 1.29 is 4.58 Å². The Balaban J connectivity index is 1.78. The lowest BCUT2D eigenvalue weighted by atomic mass is 10.1. The van der Waals surface area contributed by atoms with E-state index < -0.39 is 0 Å². The smallest absolute Gasteiger partial charge is 0.233 e. The minimum Gasteiger partial charge on any atom is -0.291 e. The highest BCUT2D eigenvalue weighted by Crippen LogP contribution is 2.28. The number of nitrogens with zero attached hydrogens (tertiary/aromatic N) is 3. The molecule has 3 heteroatoms. The summed E-state index contributed by atoms with van der Waals surface area (Å²) in [5.74, 6) is 0. The van der Waals surface area contributed by atoms with Gasteiger partial charge in [-0.05, 0) is 18.2 Å². The second-order valence-corrected chi connectivity index (χ2v) is 5.66. The van der Waals surface area contributed by atoms with Crippen LogP contribution in [0.2, 0.25) is 0 Å². The van der Waals surface area contributed by atoms with E-state index in [0.29, 0.717) is 0 Å². The highest BCUT2D eigenvalue weighted by molar-refractivity contribution is 5.98. The Morgan fingerprint density at radius 2 is 1.77 bits per heavy atom. The zero-order valence-corrected chi connectivity index (χ0v) is 12.0. The Morgan fingerprint density at radius 3 is 2.77 bits per heavy atom. The maximum absolute atomic E-state index is 4.58. The van der Waals surface area contributed by atoms with E-state index in [2.05, 4.69) is 75.1 Å². The van der Waals surface area contributed by atoms with E-state index in [9.17, 15) is 0 Å². The minimum absolute atomic E-state index is 0.816. The Bertz CT molecular complexity index is 1050. The molecule has 0 saturated heterocycles. The fourth-order valence-electron chi connectivity index (χ4n) is 3.35. The lowest BCUT2D eigenvalue weighted by Gasteiger charge is -2.13. The van der Waals surface area contributed by atoms with Crippen molar-refractivity contribution in [3.63, 3.8) is 0 Å². The van der Waals surface area contributed by atoms with Crippen molar-refractivity contribution in [1.82, 2.24) is 9.55 Å². The molecule has 0 bridgehead atoms.